The Bertz CT molecular complexity index is 1180. The van der Waals surface area contributed by atoms with Crippen molar-refractivity contribution >= 4 is 16.7 Å². The third-order valence-electron chi connectivity index (χ3n) is 4.70. The zero-order valence-electron chi connectivity index (χ0n) is 15.6. The minimum atomic E-state index is -0.415. The molecule has 0 spiro atoms. The summed E-state index contributed by atoms with van der Waals surface area (Å²) in [6.45, 7) is 3.59. The van der Waals surface area contributed by atoms with Gasteiger partial charge in [0.2, 0.25) is 11.8 Å². The van der Waals surface area contributed by atoms with Crippen molar-refractivity contribution in [1.29, 1.82) is 0 Å². The number of aryl methyl sites for hydroxylation is 2. The lowest BCUT2D eigenvalue weighted by atomic mass is 10.0. The van der Waals surface area contributed by atoms with E-state index in [1.807, 2.05) is 25.1 Å². The number of nitrogen functional groups attached to an aromatic ring is 1. The fourth-order valence-electron chi connectivity index (χ4n) is 3.29. The van der Waals surface area contributed by atoms with Crippen LogP contribution in [0.3, 0.4) is 0 Å². The van der Waals surface area contributed by atoms with Crippen LogP contribution < -0.4 is 11.3 Å². The number of amides is 1. The molecule has 7 heteroatoms. The first-order chi connectivity index (χ1) is 13.6. The molecule has 1 amide bonds. The fraction of sp³-hybridized carbons (Fsp3) is 0.143. The van der Waals surface area contributed by atoms with Gasteiger partial charge in [0.1, 0.15) is 0 Å². The second-order valence-electron chi connectivity index (χ2n) is 6.54. The molecule has 7 nitrogen and oxygen atoms in total. The van der Waals surface area contributed by atoms with Gasteiger partial charge in [-0.15, -0.1) is 10.2 Å². The quantitative estimate of drug-likeness (QED) is 0.323. The maximum atomic E-state index is 12.0. The molecule has 0 aliphatic rings. The number of nitrogens with zero attached hydrogens (tertiary/aromatic N) is 3. The molecule has 0 fully saturated rings. The smallest absolute Gasteiger partial charge is 0.267 e. The molecule has 0 unspecified atom stereocenters. The van der Waals surface area contributed by atoms with E-state index < -0.39 is 5.91 Å². The van der Waals surface area contributed by atoms with Crippen LogP contribution in [0.2, 0.25) is 0 Å². The van der Waals surface area contributed by atoms with E-state index >= 15 is 0 Å². The normalized spacial score (nSPS) is 11.0. The SMILES string of the molecule is Cc1nc(C)c(-c2nnc(Cc3cccc4ccccc34)o2)cc1C(=O)NN. The summed E-state index contributed by atoms with van der Waals surface area (Å²) in [7, 11) is 0. The van der Waals surface area contributed by atoms with Crippen LogP contribution in [0.4, 0.5) is 0 Å². The van der Waals surface area contributed by atoms with Gasteiger partial charge in [-0.1, -0.05) is 42.5 Å². The summed E-state index contributed by atoms with van der Waals surface area (Å²) in [4.78, 5) is 16.4. The molecule has 2 aromatic heterocycles. The molecule has 4 aromatic rings. The molecule has 0 bridgehead atoms. The lowest BCUT2D eigenvalue weighted by Gasteiger charge is -2.08. The van der Waals surface area contributed by atoms with Gasteiger partial charge in [-0.2, -0.15) is 0 Å². The highest BCUT2D eigenvalue weighted by atomic mass is 16.4. The number of pyridine rings is 1. The Balaban J connectivity index is 1.69. The van der Waals surface area contributed by atoms with Crippen LogP contribution in [0, 0.1) is 13.8 Å². The molecule has 0 atom stereocenters. The lowest BCUT2D eigenvalue weighted by molar-refractivity contribution is 0.0952. The Kier molecular flexibility index (Phi) is 4.58. The third-order valence-corrected chi connectivity index (χ3v) is 4.70. The second-order valence-corrected chi connectivity index (χ2v) is 6.54. The molecule has 2 heterocycles. The zero-order valence-corrected chi connectivity index (χ0v) is 15.6. The van der Waals surface area contributed by atoms with Gasteiger partial charge in [-0.25, -0.2) is 5.84 Å². The van der Waals surface area contributed by atoms with Crippen LogP contribution in [0.15, 0.2) is 52.9 Å². The van der Waals surface area contributed by atoms with E-state index in [4.69, 9.17) is 10.3 Å². The van der Waals surface area contributed by atoms with Crippen molar-refractivity contribution in [3.05, 3.63) is 76.9 Å². The van der Waals surface area contributed by atoms with E-state index in [-0.39, 0.29) is 0 Å². The molecule has 140 valence electrons. The van der Waals surface area contributed by atoms with Crippen molar-refractivity contribution < 1.29 is 9.21 Å². The van der Waals surface area contributed by atoms with Crippen LogP contribution in [-0.2, 0) is 6.42 Å². The molecule has 4 rings (SSSR count). The number of hydrogen-bond acceptors (Lipinski definition) is 6. The highest BCUT2D eigenvalue weighted by Crippen LogP contribution is 2.26. The summed E-state index contributed by atoms with van der Waals surface area (Å²) < 4.78 is 5.89. The number of rotatable bonds is 4. The van der Waals surface area contributed by atoms with Gasteiger partial charge in [-0.3, -0.25) is 15.2 Å². The molecule has 28 heavy (non-hydrogen) atoms. The number of aromatic nitrogens is 3. The fourth-order valence-corrected chi connectivity index (χ4v) is 3.29. The van der Waals surface area contributed by atoms with E-state index in [0.29, 0.717) is 40.7 Å². The maximum absolute atomic E-state index is 12.0. The third kappa shape index (κ3) is 3.23. The summed E-state index contributed by atoms with van der Waals surface area (Å²) in [5.41, 5.74) is 5.50. The summed E-state index contributed by atoms with van der Waals surface area (Å²) >= 11 is 0. The molecule has 0 saturated heterocycles. The number of carbonyl (C=O) groups is 1. The van der Waals surface area contributed by atoms with Crippen LogP contribution in [-0.4, -0.2) is 21.1 Å². The number of nitrogens with two attached hydrogens (primary N) is 1. The van der Waals surface area contributed by atoms with Gasteiger partial charge in [0.05, 0.1) is 28.9 Å². The van der Waals surface area contributed by atoms with Crippen LogP contribution >= 0.6 is 0 Å². The Labute approximate surface area is 161 Å². The van der Waals surface area contributed by atoms with Crippen LogP contribution in [0.25, 0.3) is 22.2 Å². The van der Waals surface area contributed by atoms with E-state index in [1.54, 1.807) is 13.0 Å². The first-order valence-corrected chi connectivity index (χ1v) is 8.85. The number of benzene rings is 2. The Morgan fingerprint density at radius 2 is 1.86 bits per heavy atom. The van der Waals surface area contributed by atoms with Crippen molar-refractivity contribution in [2.24, 2.45) is 5.84 Å². The number of hydrogen-bond donors (Lipinski definition) is 2. The highest BCUT2D eigenvalue weighted by Gasteiger charge is 2.18. The zero-order chi connectivity index (χ0) is 19.7. The Morgan fingerprint density at radius 1 is 1.07 bits per heavy atom. The van der Waals surface area contributed by atoms with Crippen LogP contribution in [0.5, 0.6) is 0 Å². The number of hydrazine groups is 1. The summed E-state index contributed by atoms with van der Waals surface area (Å²) in [5.74, 6) is 5.66. The monoisotopic (exact) mass is 373 g/mol. The van der Waals surface area contributed by atoms with E-state index in [1.165, 1.54) is 0 Å². The van der Waals surface area contributed by atoms with Crippen molar-refractivity contribution in [2.45, 2.75) is 20.3 Å². The average Bonchev–Trinajstić information content (AvgIpc) is 3.16. The summed E-state index contributed by atoms with van der Waals surface area (Å²) in [6, 6.07) is 16.0. The molecular weight excluding hydrogens is 354 g/mol. The minimum absolute atomic E-state index is 0.325. The molecule has 0 aliphatic heterocycles. The lowest BCUT2D eigenvalue weighted by Crippen LogP contribution is -2.30. The maximum Gasteiger partial charge on any atom is 0.267 e. The molecule has 3 N–H and O–H groups in total. The standard InChI is InChI=1S/C21H19N5O2/c1-12-17(20(27)24-22)11-18(13(2)23-12)21-26-25-19(28-21)10-15-8-5-7-14-6-3-4-9-16(14)15/h3-9,11H,10,22H2,1-2H3,(H,24,27). The predicted molar refractivity (Wildman–Crippen MR) is 105 cm³/mol. The first kappa shape index (κ1) is 17.8. The van der Waals surface area contributed by atoms with E-state index in [2.05, 4.69) is 44.9 Å². The Hall–Kier alpha value is -3.58. The number of nitrogens with one attached hydrogen (secondary N) is 1. The van der Waals surface area contributed by atoms with E-state index in [9.17, 15) is 4.79 Å². The average molecular weight is 373 g/mol. The molecule has 0 aliphatic carbocycles. The minimum Gasteiger partial charge on any atom is -0.420 e. The van der Waals surface area contributed by atoms with E-state index in [0.717, 1.165) is 16.3 Å². The van der Waals surface area contributed by atoms with Gasteiger partial charge < -0.3 is 4.42 Å². The van der Waals surface area contributed by atoms with Crippen molar-refractivity contribution in [1.82, 2.24) is 20.6 Å². The predicted octanol–water partition coefficient (Wildman–Crippen LogP) is 3.10. The topological polar surface area (TPSA) is 107 Å². The summed E-state index contributed by atoms with van der Waals surface area (Å²) in [5, 5.41) is 10.7. The van der Waals surface area contributed by atoms with Crippen LogP contribution in [0.1, 0.15) is 33.2 Å². The van der Waals surface area contributed by atoms with Gasteiger partial charge >= 0.3 is 0 Å². The molecule has 2 aromatic carbocycles. The van der Waals surface area contributed by atoms with Crippen molar-refractivity contribution in [3.8, 4) is 11.5 Å². The molecular formula is C21H19N5O2. The summed E-state index contributed by atoms with van der Waals surface area (Å²) in [6.07, 6.45) is 0.517. The molecule has 0 radical (unpaired) electrons. The molecule has 0 saturated carbocycles. The second kappa shape index (κ2) is 7.21. The van der Waals surface area contributed by atoms with Gasteiger partial charge in [0.25, 0.3) is 5.91 Å². The highest BCUT2D eigenvalue weighted by molar-refractivity contribution is 5.96. The van der Waals surface area contributed by atoms with Gasteiger partial charge in [0.15, 0.2) is 0 Å². The first-order valence-electron chi connectivity index (χ1n) is 8.85. The number of fused-ring (bicyclic) bond motifs is 1. The van der Waals surface area contributed by atoms with Crippen molar-refractivity contribution in [3.63, 3.8) is 0 Å². The Morgan fingerprint density at radius 3 is 2.68 bits per heavy atom. The van der Waals surface area contributed by atoms with Gasteiger partial charge in [-0.05, 0) is 36.2 Å². The number of carbonyl (C=O) groups excluding carboxylic acids is 1. The van der Waals surface area contributed by atoms with Crippen molar-refractivity contribution in [2.75, 3.05) is 0 Å². The van der Waals surface area contributed by atoms with Gasteiger partial charge in [0, 0.05) is 0 Å². The largest absolute Gasteiger partial charge is 0.420 e.